The first-order valence-electron chi connectivity index (χ1n) is 6.13. The Hall–Kier alpha value is -1.55. The van der Waals surface area contributed by atoms with E-state index in [2.05, 4.69) is 19.2 Å². The summed E-state index contributed by atoms with van der Waals surface area (Å²) in [4.78, 5) is 13.9. The van der Waals surface area contributed by atoms with Gasteiger partial charge in [0.25, 0.3) is 0 Å². The third kappa shape index (κ3) is 2.48. The number of aryl methyl sites for hydroxylation is 1. The predicted molar refractivity (Wildman–Crippen MR) is 72.2 cm³/mol. The minimum absolute atomic E-state index is 0.0807. The van der Waals surface area contributed by atoms with Crippen molar-refractivity contribution in [3.05, 3.63) is 23.8 Å². The van der Waals surface area contributed by atoms with Gasteiger partial charge in [-0.15, -0.1) is 0 Å². The van der Waals surface area contributed by atoms with Crippen LogP contribution in [0, 0.1) is 6.92 Å². The number of carbonyl (C=O) groups excluding carboxylic acids is 1. The minimum atomic E-state index is -0.0807. The normalized spacial score (nSPS) is 18.9. The Bertz CT molecular complexity index is 469. The Morgan fingerprint density at radius 2 is 2.11 bits per heavy atom. The standard InChI is InChI=1S/C14H20N2O2/c1-10-5-6-12(18-4)11(7-10)16-9-14(2,3)15-8-13(16)17/h5-7,15H,8-9H2,1-4H3. The molecule has 1 aromatic rings. The van der Waals surface area contributed by atoms with E-state index < -0.39 is 0 Å². The van der Waals surface area contributed by atoms with Crippen molar-refractivity contribution in [1.82, 2.24) is 5.32 Å². The molecule has 1 N–H and O–H groups in total. The zero-order valence-electron chi connectivity index (χ0n) is 11.4. The molecule has 1 amide bonds. The molecule has 0 unspecified atom stereocenters. The Balaban J connectivity index is 2.40. The van der Waals surface area contributed by atoms with E-state index in [4.69, 9.17) is 4.74 Å². The average molecular weight is 248 g/mol. The Morgan fingerprint density at radius 3 is 2.78 bits per heavy atom. The molecule has 2 rings (SSSR count). The maximum Gasteiger partial charge on any atom is 0.241 e. The zero-order valence-corrected chi connectivity index (χ0v) is 11.4. The lowest BCUT2D eigenvalue weighted by Gasteiger charge is -2.39. The number of piperazine rings is 1. The van der Waals surface area contributed by atoms with Gasteiger partial charge in [-0.2, -0.15) is 0 Å². The summed E-state index contributed by atoms with van der Waals surface area (Å²) >= 11 is 0. The van der Waals surface area contributed by atoms with Gasteiger partial charge in [-0.1, -0.05) is 6.07 Å². The summed E-state index contributed by atoms with van der Waals surface area (Å²) in [5, 5.41) is 3.23. The number of ether oxygens (including phenoxy) is 1. The second-order valence-corrected chi connectivity index (χ2v) is 5.39. The molecule has 0 aliphatic carbocycles. The van der Waals surface area contributed by atoms with Crippen LogP contribution in [0.3, 0.4) is 0 Å². The second kappa shape index (κ2) is 4.61. The van der Waals surface area contributed by atoms with Gasteiger partial charge in [-0.25, -0.2) is 0 Å². The Labute approximate surface area is 108 Å². The topological polar surface area (TPSA) is 41.6 Å². The smallest absolute Gasteiger partial charge is 0.241 e. The summed E-state index contributed by atoms with van der Waals surface area (Å²) in [6.45, 7) is 7.21. The van der Waals surface area contributed by atoms with Gasteiger partial charge in [-0.3, -0.25) is 4.79 Å². The molecule has 1 aliphatic heterocycles. The van der Waals surface area contributed by atoms with E-state index in [9.17, 15) is 4.79 Å². The van der Waals surface area contributed by atoms with Crippen LogP contribution in [0.2, 0.25) is 0 Å². The van der Waals surface area contributed by atoms with Gasteiger partial charge in [0.1, 0.15) is 5.75 Å². The van der Waals surface area contributed by atoms with Crippen LogP contribution in [-0.4, -0.2) is 31.6 Å². The fraction of sp³-hybridized carbons (Fsp3) is 0.500. The van der Waals surface area contributed by atoms with Crippen LogP contribution in [0.25, 0.3) is 0 Å². The summed E-state index contributed by atoms with van der Waals surface area (Å²) in [5.74, 6) is 0.824. The van der Waals surface area contributed by atoms with E-state index in [0.29, 0.717) is 13.1 Å². The lowest BCUT2D eigenvalue weighted by molar-refractivity contribution is -0.119. The highest BCUT2D eigenvalue weighted by Crippen LogP contribution is 2.31. The van der Waals surface area contributed by atoms with Gasteiger partial charge < -0.3 is 15.0 Å². The Kier molecular flexibility index (Phi) is 3.30. The molecular weight excluding hydrogens is 228 g/mol. The molecule has 0 aromatic heterocycles. The van der Waals surface area contributed by atoms with Crippen molar-refractivity contribution in [3.63, 3.8) is 0 Å². The van der Waals surface area contributed by atoms with E-state index in [1.165, 1.54) is 0 Å². The van der Waals surface area contributed by atoms with Crippen molar-refractivity contribution in [1.29, 1.82) is 0 Å². The van der Waals surface area contributed by atoms with E-state index in [0.717, 1.165) is 17.0 Å². The molecule has 1 aromatic carbocycles. The molecule has 0 bridgehead atoms. The molecule has 4 heteroatoms. The summed E-state index contributed by atoms with van der Waals surface area (Å²) in [5.41, 5.74) is 1.90. The quantitative estimate of drug-likeness (QED) is 0.866. The third-order valence-electron chi connectivity index (χ3n) is 3.20. The molecule has 1 heterocycles. The first kappa shape index (κ1) is 12.9. The first-order chi connectivity index (χ1) is 8.43. The SMILES string of the molecule is COc1ccc(C)cc1N1CC(C)(C)NCC1=O. The van der Waals surface area contributed by atoms with Crippen molar-refractivity contribution < 1.29 is 9.53 Å². The maximum absolute atomic E-state index is 12.1. The summed E-state index contributed by atoms with van der Waals surface area (Å²) in [6, 6.07) is 5.89. The van der Waals surface area contributed by atoms with Crippen LogP contribution in [0.4, 0.5) is 5.69 Å². The molecule has 18 heavy (non-hydrogen) atoms. The van der Waals surface area contributed by atoms with Gasteiger partial charge in [-0.05, 0) is 38.5 Å². The number of nitrogens with one attached hydrogen (secondary N) is 1. The van der Waals surface area contributed by atoms with Crippen molar-refractivity contribution >= 4 is 11.6 Å². The van der Waals surface area contributed by atoms with Crippen LogP contribution < -0.4 is 15.0 Å². The highest BCUT2D eigenvalue weighted by molar-refractivity contribution is 5.97. The van der Waals surface area contributed by atoms with Crippen LogP contribution in [0.1, 0.15) is 19.4 Å². The molecule has 4 nitrogen and oxygen atoms in total. The molecular formula is C14H20N2O2. The lowest BCUT2D eigenvalue weighted by atomic mass is 10.0. The van der Waals surface area contributed by atoms with E-state index in [-0.39, 0.29) is 11.4 Å². The monoisotopic (exact) mass is 248 g/mol. The van der Waals surface area contributed by atoms with Crippen molar-refractivity contribution in [2.45, 2.75) is 26.3 Å². The number of methoxy groups -OCH3 is 1. The minimum Gasteiger partial charge on any atom is -0.495 e. The molecule has 1 saturated heterocycles. The number of carbonyl (C=O) groups is 1. The summed E-state index contributed by atoms with van der Waals surface area (Å²) in [6.07, 6.45) is 0. The summed E-state index contributed by atoms with van der Waals surface area (Å²) in [7, 11) is 1.63. The number of hydrogen-bond acceptors (Lipinski definition) is 3. The van der Waals surface area contributed by atoms with Gasteiger partial charge in [0.05, 0.1) is 19.3 Å². The number of nitrogens with zero attached hydrogens (tertiary/aromatic N) is 1. The molecule has 0 radical (unpaired) electrons. The van der Waals surface area contributed by atoms with E-state index in [1.54, 1.807) is 7.11 Å². The fourth-order valence-corrected chi connectivity index (χ4v) is 2.18. The van der Waals surface area contributed by atoms with Crippen molar-refractivity contribution in [3.8, 4) is 5.75 Å². The largest absolute Gasteiger partial charge is 0.495 e. The highest BCUT2D eigenvalue weighted by atomic mass is 16.5. The van der Waals surface area contributed by atoms with Gasteiger partial charge in [0.2, 0.25) is 5.91 Å². The number of amides is 1. The molecule has 0 spiro atoms. The molecule has 98 valence electrons. The molecule has 0 atom stereocenters. The van der Waals surface area contributed by atoms with Crippen molar-refractivity contribution in [2.75, 3.05) is 25.1 Å². The van der Waals surface area contributed by atoms with Gasteiger partial charge in [0, 0.05) is 12.1 Å². The number of hydrogen-bond donors (Lipinski definition) is 1. The lowest BCUT2D eigenvalue weighted by Crippen LogP contribution is -2.60. The van der Waals surface area contributed by atoms with Crippen molar-refractivity contribution in [2.24, 2.45) is 0 Å². The predicted octanol–water partition coefficient (Wildman–Crippen LogP) is 1.72. The third-order valence-corrected chi connectivity index (χ3v) is 3.20. The first-order valence-corrected chi connectivity index (χ1v) is 6.13. The average Bonchev–Trinajstić information content (AvgIpc) is 2.32. The van der Waals surface area contributed by atoms with E-state index >= 15 is 0 Å². The van der Waals surface area contributed by atoms with Crippen LogP contribution in [0.5, 0.6) is 5.75 Å². The van der Waals surface area contributed by atoms with Gasteiger partial charge in [0.15, 0.2) is 0 Å². The van der Waals surface area contributed by atoms with Crippen LogP contribution in [-0.2, 0) is 4.79 Å². The summed E-state index contributed by atoms with van der Waals surface area (Å²) < 4.78 is 5.36. The molecule has 1 fully saturated rings. The van der Waals surface area contributed by atoms with Crippen LogP contribution >= 0.6 is 0 Å². The molecule has 1 aliphatic rings. The maximum atomic E-state index is 12.1. The highest BCUT2D eigenvalue weighted by Gasteiger charge is 2.32. The number of anilines is 1. The molecule has 0 saturated carbocycles. The fourth-order valence-electron chi connectivity index (χ4n) is 2.18. The number of benzene rings is 1. The Morgan fingerprint density at radius 1 is 1.39 bits per heavy atom. The van der Waals surface area contributed by atoms with Gasteiger partial charge >= 0.3 is 0 Å². The number of rotatable bonds is 2. The van der Waals surface area contributed by atoms with Crippen LogP contribution in [0.15, 0.2) is 18.2 Å². The second-order valence-electron chi connectivity index (χ2n) is 5.39. The zero-order chi connectivity index (χ0) is 13.3. The van der Waals surface area contributed by atoms with E-state index in [1.807, 2.05) is 30.0 Å².